The molecule has 2 N–H and O–H groups in total. The number of carbonyl (C=O) groups excluding carboxylic acids is 1. The molecule has 0 spiro atoms. The van der Waals surface area contributed by atoms with E-state index in [-0.39, 0.29) is 12.2 Å². The summed E-state index contributed by atoms with van der Waals surface area (Å²) in [5, 5.41) is 11.1. The largest absolute Gasteiger partial charge is 0.481 e. The molecule has 2 aromatic carbocycles. The zero-order chi connectivity index (χ0) is 19.5. The maximum Gasteiger partial charge on any atom is 0.309 e. The molecular weight excluding hydrogens is 392 g/mol. The summed E-state index contributed by atoms with van der Waals surface area (Å²) >= 11 is 2.72. The van der Waals surface area contributed by atoms with Crippen LogP contribution in [-0.2, 0) is 11.2 Å². The number of thiazole rings is 1. The number of para-hydroxylation sites is 1. The maximum absolute atomic E-state index is 13.5. The van der Waals surface area contributed by atoms with Crippen molar-refractivity contribution in [3.63, 3.8) is 0 Å². The summed E-state index contributed by atoms with van der Waals surface area (Å²) in [6, 6.07) is 17.3. The van der Waals surface area contributed by atoms with Crippen LogP contribution in [0.25, 0.3) is 10.9 Å². The fourth-order valence-electron chi connectivity index (χ4n) is 3.00. The highest BCUT2D eigenvalue weighted by Crippen LogP contribution is 2.40. The Hall–Kier alpha value is -2.90. The van der Waals surface area contributed by atoms with Gasteiger partial charge in [0, 0.05) is 28.0 Å². The molecule has 0 saturated carbocycles. The Labute approximate surface area is 169 Å². The zero-order valence-corrected chi connectivity index (χ0v) is 16.3. The van der Waals surface area contributed by atoms with Crippen molar-refractivity contribution < 1.29 is 14.7 Å². The van der Waals surface area contributed by atoms with E-state index in [0.29, 0.717) is 15.6 Å². The van der Waals surface area contributed by atoms with E-state index in [1.54, 1.807) is 11.6 Å². The third kappa shape index (κ3) is 3.85. The highest BCUT2D eigenvalue weighted by molar-refractivity contribution is 8.01. The zero-order valence-electron chi connectivity index (χ0n) is 14.7. The number of aromatic nitrogens is 2. The summed E-state index contributed by atoms with van der Waals surface area (Å²) in [6.07, 6.45) is 1.63. The fourth-order valence-corrected chi connectivity index (χ4v) is 5.09. The first-order chi connectivity index (χ1) is 13.6. The first-order valence-corrected chi connectivity index (χ1v) is 10.4. The van der Waals surface area contributed by atoms with E-state index >= 15 is 0 Å². The van der Waals surface area contributed by atoms with Gasteiger partial charge in [-0.3, -0.25) is 9.59 Å². The number of fused-ring (bicyclic) bond motifs is 1. The van der Waals surface area contributed by atoms with Crippen LogP contribution < -0.4 is 0 Å². The van der Waals surface area contributed by atoms with Crippen molar-refractivity contribution >= 4 is 45.8 Å². The number of ketones is 1. The maximum atomic E-state index is 13.5. The number of H-pyrrole nitrogens is 1. The van der Waals surface area contributed by atoms with Crippen LogP contribution in [0.5, 0.6) is 0 Å². The molecule has 0 fully saturated rings. The lowest BCUT2D eigenvalue weighted by molar-refractivity contribution is -0.136. The van der Waals surface area contributed by atoms with E-state index in [1.165, 1.54) is 23.1 Å². The second kappa shape index (κ2) is 8.00. The number of rotatable bonds is 7. The number of aliphatic carboxylic acids is 1. The van der Waals surface area contributed by atoms with Gasteiger partial charge in [0.2, 0.25) is 0 Å². The lowest BCUT2D eigenvalue weighted by atomic mass is 10.0. The number of hydrogen-bond donors (Lipinski definition) is 2. The molecule has 4 aromatic rings. The number of aromatic amines is 1. The number of thioether (sulfide) groups is 1. The second-order valence-corrected chi connectivity index (χ2v) is 8.41. The molecule has 4 rings (SSSR count). The van der Waals surface area contributed by atoms with Crippen molar-refractivity contribution in [3.8, 4) is 0 Å². The lowest BCUT2D eigenvalue weighted by Crippen LogP contribution is -2.09. The van der Waals surface area contributed by atoms with Gasteiger partial charge >= 0.3 is 5.97 Å². The van der Waals surface area contributed by atoms with E-state index in [9.17, 15) is 9.59 Å². The first kappa shape index (κ1) is 18.5. The molecule has 0 radical (unpaired) electrons. The minimum Gasteiger partial charge on any atom is -0.481 e. The summed E-state index contributed by atoms with van der Waals surface area (Å²) in [4.78, 5) is 31.9. The van der Waals surface area contributed by atoms with Crippen LogP contribution in [-0.4, -0.2) is 26.8 Å². The second-order valence-electron chi connectivity index (χ2n) is 6.20. The molecule has 0 saturated heterocycles. The molecule has 28 heavy (non-hydrogen) atoms. The molecule has 5 nitrogen and oxygen atoms in total. The van der Waals surface area contributed by atoms with Gasteiger partial charge in [-0.05, 0) is 11.6 Å². The molecule has 1 atom stereocenters. The minimum atomic E-state index is -0.920. The van der Waals surface area contributed by atoms with Gasteiger partial charge < -0.3 is 10.1 Å². The Bertz CT molecular complexity index is 1130. The number of carboxylic acids is 1. The van der Waals surface area contributed by atoms with Gasteiger partial charge in [-0.15, -0.1) is 11.3 Å². The lowest BCUT2D eigenvalue weighted by Gasteiger charge is -2.14. The molecule has 0 unspecified atom stereocenters. The van der Waals surface area contributed by atoms with E-state index in [4.69, 9.17) is 5.11 Å². The summed E-state index contributed by atoms with van der Waals surface area (Å²) in [5.74, 6) is -0.931. The van der Waals surface area contributed by atoms with Crippen LogP contribution in [0.15, 0.2) is 70.5 Å². The number of Topliss-reactive ketones (excluding diaryl/α,β-unsaturated/α-hetero) is 1. The SMILES string of the molecule is O=C(O)Cc1csc(S[C@@H](C(=O)c2c[nH]c3ccccc23)c2ccccc2)n1. The molecule has 7 heteroatoms. The van der Waals surface area contributed by atoms with Crippen molar-refractivity contribution in [2.75, 3.05) is 0 Å². The van der Waals surface area contributed by atoms with Crippen LogP contribution in [0.1, 0.15) is 26.9 Å². The monoisotopic (exact) mass is 408 g/mol. The van der Waals surface area contributed by atoms with Gasteiger partial charge in [0.15, 0.2) is 10.1 Å². The number of benzene rings is 2. The van der Waals surface area contributed by atoms with Crippen LogP contribution in [0.2, 0.25) is 0 Å². The Kier molecular flexibility index (Phi) is 5.27. The number of carboxylic acid groups (broad SMARTS) is 1. The van der Waals surface area contributed by atoms with E-state index < -0.39 is 11.2 Å². The minimum absolute atomic E-state index is 0.0105. The van der Waals surface area contributed by atoms with Gasteiger partial charge in [0.05, 0.1) is 12.1 Å². The third-order valence-electron chi connectivity index (χ3n) is 4.28. The number of carbonyl (C=O) groups is 2. The van der Waals surface area contributed by atoms with E-state index in [0.717, 1.165) is 16.5 Å². The molecule has 2 heterocycles. The molecular formula is C21H16N2O3S2. The highest BCUT2D eigenvalue weighted by atomic mass is 32.2. The smallest absolute Gasteiger partial charge is 0.309 e. The van der Waals surface area contributed by atoms with Crippen molar-refractivity contribution in [2.45, 2.75) is 16.0 Å². The topological polar surface area (TPSA) is 83.0 Å². The Morgan fingerprint density at radius 2 is 1.86 bits per heavy atom. The van der Waals surface area contributed by atoms with Gasteiger partial charge in [0.25, 0.3) is 0 Å². The fraction of sp³-hybridized carbons (Fsp3) is 0.0952. The number of hydrogen-bond acceptors (Lipinski definition) is 5. The standard InChI is InChI=1S/C21H16N2O3S2/c24-18(25)10-14-12-27-21(23-14)28-20(13-6-2-1-3-7-13)19(26)16-11-22-17-9-5-4-8-15(16)17/h1-9,11-12,20,22H,10H2,(H,24,25)/t20-/m1/s1. The van der Waals surface area contributed by atoms with Crippen LogP contribution in [0.3, 0.4) is 0 Å². The molecule has 140 valence electrons. The molecule has 0 aliphatic rings. The molecule has 0 aliphatic carbocycles. The summed E-state index contributed by atoms with van der Waals surface area (Å²) in [6.45, 7) is 0. The van der Waals surface area contributed by atoms with Crippen molar-refractivity contribution in [3.05, 3.63) is 83.0 Å². The van der Waals surface area contributed by atoms with Gasteiger partial charge in [0.1, 0.15) is 5.25 Å². The average molecular weight is 409 g/mol. The summed E-state index contributed by atoms with van der Waals surface area (Å²) < 4.78 is 0.679. The Morgan fingerprint density at radius 3 is 2.64 bits per heavy atom. The molecule has 2 aromatic heterocycles. The quantitative estimate of drug-likeness (QED) is 0.333. The average Bonchev–Trinajstić information content (AvgIpc) is 3.32. The Balaban J connectivity index is 1.69. The predicted molar refractivity (Wildman–Crippen MR) is 111 cm³/mol. The number of nitrogens with one attached hydrogen (secondary N) is 1. The summed E-state index contributed by atoms with van der Waals surface area (Å²) in [5.41, 5.74) is 2.95. The third-order valence-corrected chi connectivity index (χ3v) is 6.55. The highest BCUT2D eigenvalue weighted by Gasteiger charge is 2.26. The normalized spacial score (nSPS) is 12.1. The molecule has 0 aliphatic heterocycles. The first-order valence-electron chi connectivity index (χ1n) is 8.60. The van der Waals surface area contributed by atoms with Crippen LogP contribution >= 0.6 is 23.1 Å². The van der Waals surface area contributed by atoms with Gasteiger partial charge in [-0.1, -0.05) is 60.3 Å². The van der Waals surface area contributed by atoms with Gasteiger partial charge in [-0.25, -0.2) is 4.98 Å². The van der Waals surface area contributed by atoms with Crippen molar-refractivity contribution in [1.82, 2.24) is 9.97 Å². The summed E-state index contributed by atoms with van der Waals surface area (Å²) in [7, 11) is 0. The van der Waals surface area contributed by atoms with E-state index in [1.807, 2.05) is 54.6 Å². The number of nitrogens with zero attached hydrogens (tertiary/aromatic N) is 1. The van der Waals surface area contributed by atoms with Crippen molar-refractivity contribution in [1.29, 1.82) is 0 Å². The van der Waals surface area contributed by atoms with Crippen LogP contribution in [0.4, 0.5) is 0 Å². The molecule has 0 bridgehead atoms. The predicted octanol–water partition coefficient (Wildman–Crippen LogP) is 4.97. The van der Waals surface area contributed by atoms with Crippen LogP contribution in [0, 0.1) is 0 Å². The Morgan fingerprint density at radius 1 is 1.11 bits per heavy atom. The van der Waals surface area contributed by atoms with Gasteiger partial charge in [-0.2, -0.15) is 0 Å². The van der Waals surface area contributed by atoms with Crippen molar-refractivity contribution in [2.24, 2.45) is 0 Å². The molecule has 0 amide bonds. The van der Waals surface area contributed by atoms with E-state index in [2.05, 4.69) is 9.97 Å².